The fourth-order valence-corrected chi connectivity index (χ4v) is 4.47. The van der Waals surface area contributed by atoms with Gasteiger partial charge < -0.3 is 21.3 Å². The molecule has 0 saturated heterocycles. The molecule has 9 nitrogen and oxygen atoms in total. The highest BCUT2D eigenvalue weighted by molar-refractivity contribution is 7.92. The van der Waals surface area contributed by atoms with Crippen LogP contribution in [0.1, 0.15) is 5.56 Å². The number of anilines is 5. The predicted octanol–water partition coefficient (Wildman–Crippen LogP) is 6.08. The first-order chi connectivity index (χ1) is 17.8. The maximum Gasteiger partial charge on any atom is 0.323 e. The van der Waals surface area contributed by atoms with Crippen molar-refractivity contribution in [2.45, 2.75) is 11.8 Å². The minimum atomic E-state index is -3.99. The van der Waals surface area contributed by atoms with Gasteiger partial charge in [0.1, 0.15) is 0 Å². The van der Waals surface area contributed by atoms with E-state index < -0.39 is 22.1 Å². The van der Waals surface area contributed by atoms with Crippen LogP contribution in [0.15, 0.2) is 108 Å². The second-order valence-corrected chi connectivity index (χ2v) is 9.72. The molecule has 188 valence electrons. The van der Waals surface area contributed by atoms with Crippen LogP contribution in [-0.4, -0.2) is 20.5 Å². The Kier molecular flexibility index (Phi) is 7.70. The summed E-state index contributed by atoms with van der Waals surface area (Å²) in [5.41, 5.74) is 2.33. The third kappa shape index (κ3) is 6.86. The van der Waals surface area contributed by atoms with Crippen LogP contribution in [0.3, 0.4) is 0 Å². The van der Waals surface area contributed by atoms with E-state index in [2.05, 4.69) is 26.0 Å². The summed E-state index contributed by atoms with van der Waals surface area (Å²) in [6, 6.07) is 27.3. The van der Waals surface area contributed by atoms with Gasteiger partial charge in [-0.3, -0.25) is 4.72 Å². The molecular weight excluding hydrogens is 490 g/mol. The lowest BCUT2D eigenvalue weighted by molar-refractivity contribution is 0.261. The van der Waals surface area contributed by atoms with Gasteiger partial charge in [0.05, 0.1) is 22.0 Å². The van der Waals surface area contributed by atoms with Crippen molar-refractivity contribution in [2.75, 3.05) is 26.0 Å². The van der Waals surface area contributed by atoms with E-state index in [0.29, 0.717) is 11.4 Å². The lowest BCUT2D eigenvalue weighted by atomic mass is 10.2. The van der Waals surface area contributed by atoms with Crippen molar-refractivity contribution in [3.63, 3.8) is 0 Å². The van der Waals surface area contributed by atoms with Crippen LogP contribution in [-0.2, 0) is 10.0 Å². The zero-order valence-corrected chi connectivity index (χ0v) is 20.7. The standard InChI is InChI=1S/C27H25N5O4S/c1-19-15-17-22(18-16-19)37(35,36)32-24-14-8-13-23(30-26(33)28-20-9-4-2-5-10-20)25(24)31-27(34)29-21-11-6-3-7-12-21/h2-18,32H,1H3,(H2,28,30,33)(H2,29,31,34). The Labute approximate surface area is 215 Å². The van der Waals surface area contributed by atoms with E-state index in [-0.39, 0.29) is 22.0 Å². The van der Waals surface area contributed by atoms with E-state index in [1.807, 2.05) is 19.1 Å². The van der Waals surface area contributed by atoms with E-state index in [1.165, 1.54) is 18.2 Å². The first kappa shape index (κ1) is 25.3. The summed E-state index contributed by atoms with van der Waals surface area (Å²) in [5.74, 6) is 0. The normalized spacial score (nSPS) is 10.7. The molecule has 0 atom stereocenters. The molecule has 4 aromatic rings. The second kappa shape index (κ2) is 11.3. The average Bonchev–Trinajstić information content (AvgIpc) is 2.87. The monoisotopic (exact) mass is 515 g/mol. The summed E-state index contributed by atoms with van der Waals surface area (Å²) in [4.78, 5) is 25.5. The van der Waals surface area contributed by atoms with Gasteiger partial charge in [-0.2, -0.15) is 0 Å². The van der Waals surface area contributed by atoms with Crippen LogP contribution >= 0.6 is 0 Å². The van der Waals surface area contributed by atoms with E-state index in [4.69, 9.17) is 0 Å². The molecule has 0 fully saturated rings. The maximum absolute atomic E-state index is 13.1. The van der Waals surface area contributed by atoms with Gasteiger partial charge >= 0.3 is 12.1 Å². The van der Waals surface area contributed by atoms with Gasteiger partial charge in [0.15, 0.2) is 0 Å². The molecule has 0 aromatic heterocycles. The molecule has 0 aliphatic heterocycles. The summed E-state index contributed by atoms with van der Waals surface area (Å²) in [6.07, 6.45) is 0. The van der Waals surface area contributed by atoms with Crippen molar-refractivity contribution >= 4 is 50.5 Å². The quantitative estimate of drug-likeness (QED) is 0.204. The summed E-state index contributed by atoms with van der Waals surface area (Å²) in [7, 11) is -3.99. The first-order valence-corrected chi connectivity index (χ1v) is 12.8. The molecule has 4 aromatic carbocycles. The van der Waals surface area contributed by atoms with Crippen LogP contribution in [0.4, 0.5) is 38.0 Å². The molecule has 0 heterocycles. The van der Waals surface area contributed by atoms with E-state index in [9.17, 15) is 18.0 Å². The number of carbonyl (C=O) groups excluding carboxylic acids is 2. The molecule has 0 aliphatic rings. The van der Waals surface area contributed by atoms with Crippen LogP contribution in [0.25, 0.3) is 0 Å². The van der Waals surface area contributed by atoms with Crippen molar-refractivity contribution in [3.05, 3.63) is 109 Å². The molecule has 4 rings (SSSR count). The van der Waals surface area contributed by atoms with Crippen LogP contribution in [0.2, 0.25) is 0 Å². The highest BCUT2D eigenvalue weighted by Crippen LogP contribution is 2.33. The fourth-order valence-electron chi connectivity index (χ4n) is 3.40. The number of carbonyl (C=O) groups is 2. The van der Waals surface area contributed by atoms with Crippen LogP contribution < -0.4 is 26.0 Å². The van der Waals surface area contributed by atoms with Crippen molar-refractivity contribution in [1.82, 2.24) is 0 Å². The number of hydrogen-bond donors (Lipinski definition) is 5. The third-order valence-electron chi connectivity index (χ3n) is 5.19. The number of rotatable bonds is 7. The molecule has 0 spiro atoms. The molecular formula is C27H25N5O4S. The number of urea groups is 2. The lowest BCUT2D eigenvalue weighted by Crippen LogP contribution is -2.24. The van der Waals surface area contributed by atoms with Gasteiger partial charge in [0, 0.05) is 11.4 Å². The first-order valence-electron chi connectivity index (χ1n) is 11.3. The van der Waals surface area contributed by atoms with Gasteiger partial charge in [-0.25, -0.2) is 18.0 Å². The summed E-state index contributed by atoms with van der Waals surface area (Å²) < 4.78 is 28.7. The smallest absolute Gasteiger partial charge is 0.308 e. The minimum Gasteiger partial charge on any atom is -0.308 e. The number of hydrogen-bond acceptors (Lipinski definition) is 4. The topological polar surface area (TPSA) is 128 Å². The third-order valence-corrected chi connectivity index (χ3v) is 6.57. The van der Waals surface area contributed by atoms with Crippen molar-refractivity contribution in [2.24, 2.45) is 0 Å². The van der Waals surface area contributed by atoms with E-state index in [0.717, 1.165) is 5.56 Å². The molecule has 4 amide bonds. The van der Waals surface area contributed by atoms with Crippen LogP contribution in [0.5, 0.6) is 0 Å². The lowest BCUT2D eigenvalue weighted by Gasteiger charge is -2.18. The molecule has 10 heteroatoms. The van der Waals surface area contributed by atoms with Gasteiger partial charge in [0.2, 0.25) is 0 Å². The number of nitrogens with one attached hydrogen (secondary N) is 5. The summed E-state index contributed by atoms with van der Waals surface area (Å²) in [6.45, 7) is 1.85. The molecule has 37 heavy (non-hydrogen) atoms. The van der Waals surface area contributed by atoms with Crippen molar-refractivity contribution in [3.8, 4) is 0 Å². The largest absolute Gasteiger partial charge is 0.323 e. The molecule has 0 bridgehead atoms. The Morgan fingerprint density at radius 2 is 1.08 bits per heavy atom. The highest BCUT2D eigenvalue weighted by Gasteiger charge is 2.20. The Morgan fingerprint density at radius 1 is 0.568 bits per heavy atom. The zero-order chi connectivity index (χ0) is 26.3. The number of sulfonamides is 1. The molecule has 0 radical (unpaired) electrons. The summed E-state index contributed by atoms with van der Waals surface area (Å²) in [5, 5.41) is 10.7. The number of aryl methyl sites for hydroxylation is 1. The number of amides is 4. The maximum atomic E-state index is 13.1. The molecule has 0 aliphatic carbocycles. The molecule has 0 unspecified atom stereocenters. The summed E-state index contributed by atoms with van der Waals surface area (Å²) >= 11 is 0. The second-order valence-electron chi connectivity index (χ2n) is 8.04. The Bertz CT molecular complexity index is 1490. The zero-order valence-electron chi connectivity index (χ0n) is 19.9. The fraction of sp³-hybridized carbons (Fsp3) is 0.0370. The van der Waals surface area contributed by atoms with Crippen molar-refractivity contribution in [1.29, 1.82) is 0 Å². The number of para-hydroxylation sites is 3. The van der Waals surface area contributed by atoms with Gasteiger partial charge in [-0.15, -0.1) is 0 Å². The molecule has 0 saturated carbocycles. The van der Waals surface area contributed by atoms with Crippen LogP contribution in [0, 0.1) is 6.92 Å². The predicted molar refractivity (Wildman–Crippen MR) is 147 cm³/mol. The van der Waals surface area contributed by atoms with Crippen molar-refractivity contribution < 1.29 is 18.0 Å². The SMILES string of the molecule is Cc1ccc(S(=O)(=O)Nc2cccc(NC(=O)Nc3ccccc3)c2NC(=O)Nc2ccccc2)cc1. The van der Waals surface area contributed by atoms with Gasteiger partial charge in [0.25, 0.3) is 10.0 Å². The molecule has 5 N–H and O–H groups in total. The van der Waals surface area contributed by atoms with Gasteiger partial charge in [-0.05, 0) is 55.5 Å². The Hall–Kier alpha value is -4.83. The van der Waals surface area contributed by atoms with E-state index in [1.54, 1.807) is 72.8 Å². The number of benzene rings is 4. The van der Waals surface area contributed by atoms with E-state index >= 15 is 0 Å². The average molecular weight is 516 g/mol. The van der Waals surface area contributed by atoms with Gasteiger partial charge in [-0.1, -0.05) is 60.2 Å². The Morgan fingerprint density at radius 3 is 1.65 bits per heavy atom. The minimum absolute atomic E-state index is 0.0537. The Balaban J connectivity index is 1.63. The highest BCUT2D eigenvalue weighted by atomic mass is 32.2.